The summed E-state index contributed by atoms with van der Waals surface area (Å²) in [6.07, 6.45) is -36.5. The van der Waals surface area contributed by atoms with Crippen molar-refractivity contribution in [2.24, 2.45) is 50.2 Å². The number of ether oxygens (including phenoxy) is 10. The van der Waals surface area contributed by atoms with Crippen LogP contribution in [0.1, 0.15) is 107 Å². The van der Waals surface area contributed by atoms with E-state index < -0.39 is 226 Å². The van der Waals surface area contributed by atoms with Gasteiger partial charge in [-0.25, -0.2) is 0 Å². The van der Waals surface area contributed by atoms with E-state index in [4.69, 9.17) is 47.4 Å². The van der Waals surface area contributed by atoms with E-state index in [9.17, 15) is 91.9 Å². The first kappa shape index (κ1) is 69.4. The quantitative estimate of drug-likeness (QED) is 0.0541. The van der Waals surface area contributed by atoms with Crippen molar-refractivity contribution in [3.63, 3.8) is 0 Å². The molecule has 0 bridgehead atoms. The molecular weight excluding hydrogens is 1170 g/mol. The van der Waals surface area contributed by atoms with E-state index in [2.05, 4.69) is 40.7 Å². The number of aliphatic hydroxyl groups is 18. The minimum absolute atomic E-state index is 0.0706. The third-order valence-electron chi connectivity index (χ3n) is 23.8. The van der Waals surface area contributed by atoms with Gasteiger partial charge in [-0.3, -0.25) is 0 Å². The molecular formula is C60H100O28. The molecule has 35 atom stereocenters. The Balaban J connectivity index is 0.885. The highest BCUT2D eigenvalue weighted by Gasteiger charge is 2.71. The lowest BCUT2D eigenvalue weighted by Crippen LogP contribution is -2.69. The molecule has 5 aliphatic carbocycles. The van der Waals surface area contributed by atoms with Gasteiger partial charge in [0.05, 0.1) is 57.5 Å². The van der Waals surface area contributed by atoms with E-state index in [1.807, 2.05) is 13.8 Å². The highest BCUT2D eigenvalue weighted by atomic mass is 16.8. The van der Waals surface area contributed by atoms with Crippen molar-refractivity contribution < 1.29 is 139 Å². The molecule has 88 heavy (non-hydrogen) atoms. The van der Waals surface area contributed by atoms with Crippen LogP contribution in [0.3, 0.4) is 0 Å². The van der Waals surface area contributed by atoms with Crippen LogP contribution in [0.2, 0.25) is 0 Å². The van der Waals surface area contributed by atoms with Crippen LogP contribution >= 0.6 is 0 Å². The van der Waals surface area contributed by atoms with Crippen LogP contribution < -0.4 is 0 Å². The molecule has 5 aliphatic heterocycles. The normalized spacial score (nSPS) is 55.3. The Morgan fingerprint density at radius 2 is 0.955 bits per heavy atom. The molecule has 0 aromatic heterocycles. The third-order valence-corrected chi connectivity index (χ3v) is 23.8. The molecule has 10 rings (SSSR count). The average Bonchev–Trinajstić information content (AvgIpc) is 0.755. The van der Waals surface area contributed by atoms with Crippen molar-refractivity contribution in [2.45, 2.75) is 279 Å². The number of allylic oxidation sites excluding steroid dienone is 2. The van der Waals surface area contributed by atoms with Gasteiger partial charge in [0.25, 0.3) is 0 Å². The molecule has 5 heterocycles. The minimum Gasteiger partial charge on any atom is -0.394 e. The maximum atomic E-state index is 12.7. The van der Waals surface area contributed by atoms with Crippen LogP contribution in [0.5, 0.6) is 0 Å². The highest BCUT2D eigenvalue weighted by molar-refractivity contribution is 5.35. The molecule has 28 nitrogen and oxygen atoms in total. The first-order chi connectivity index (χ1) is 41.1. The molecule has 508 valence electrons. The van der Waals surface area contributed by atoms with Crippen molar-refractivity contribution in [3.8, 4) is 0 Å². The molecule has 0 spiro atoms. The van der Waals surface area contributed by atoms with Gasteiger partial charge in [-0.1, -0.05) is 60.1 Å². The third kappa shape index (κ3) is 11.5. The summed E-state index contributed by atoms with van der Waals surface area (Å²) < 4.78 is 60.2. The van der Waals surface area contributed by atoms with E-state index in [1.165, 1.54) is 6.92 Å². The Morgan fingerprint density at radius 3 is 1.51 bits per heavy atom. The molecule has 0 amide bonds. The zero-order valence-corrected chi connectivity index (χ0v) is 51.3. The highest BCUT2D eigenvalue weighted by Crippen LogP contribution is 2.76. The molecule has 0 aromatic rings. The van der Waals surface area contributed by atoms with Crippen LogP contribution in [0, 0.1) is 50.2 Å². The zero-order valence-electron chi connectivity index (χ0n) is 51.3. The van der Waals surface area contributed by atoms with E-state index >= 15 is 0 Å². The fourth-order valence-corrected chi connectivity index (χ4v) is 18.0. The van der Waals surface area contributed by atoms with E-state index in [0.29, 0.717) is 38.5 Å². The van der Waals surface area contributed by atoms with Gasteiger partial charge in [-0.2, -0.15) is 0 Å². The second-order valence-corrected chi connectivity index (χ2v) is 29.3. The summed E-state index contributed by atoms with van der Waals surface area (Å²) in [6, 6.07) is 0. The molecule has 5 saturated heterocycles. The van der Waals surface area contributed by atoms with Crippen molar-refractivity contribution in [2.75, 3.05) is 33.0 Å². The Hall–Kier alpha value is -1.38. The van der Waals surface area contributed by atoms with Gasteiger partial charge in [0, 0.05) is 5.41 Å². The van der Waals surface area contributed by atoms with E-state index in [1.54, 1.807) is 0 Å². The average molecular weight is 1270 g/mol. The van der Waals surface area contributed by atoms with Gasteiger partial charge in [0.2, 0.25) is 0 Å². The summed E-state index contributed by atoms with van der Waals surface area (Å²) in [5.74, 6) is -0.207. The number of hydrogen-bond donors (Lipinski definition) is 18. The van der Waals surface area contributed by atoms with Gasteiger partial charge in [-0.05, 0) is 103 Å². The first-order valence-electron chi connectivity index (χ1n) is 31.4. The number of fused-ring (bicyclic) bond motifs is 7. The molecule has 0 radical (unpaired) electrons. The number of aliphatic hydroxyl groups excluding tert-OH is 18. The predicted octanol–water partition coefficient (Wildman–Crippen LogP) is -4.77. The lowest BCUT2D eigenvalue weighted by Gasteiger charge is -2.72. The largest absolute Gasteiger partial charge is 0.394 e. The van der Waals surface area contributed by atoms with Crippen LogP contribution in [0.15, 0.2) is 11.6 Å². The van der Waals surface area contributed by atoms with Crippen molar-refractivity contribution in [1.82, 2.24) is 0 Å². The van der Waals surface area contributed by atoms with Gasteiger partial charge >= 0.3 is 0 Å². The van der Waals surface area contributed by atoms with Gasteiger partial charge in [0.1, 0.15) is 116 Å². The van der Waals surface area contributed by atoms with Crippen molar-refractivity contribution >= 4 is 0 Å². The number of rotatable bonds is 15. The van der Waals surface area contributed by atoms with E-state index in [-0.39, 0.29) is 29.3 Å². The Kier molecular flexibility index (Phi) is 20.2. The molecule has 9 fully saturated rings. The molecule has 10 aliphatic rings. The van der Waals surface area contributed by atoms with Gasteiger partial charge in [-0.15, -0.1) is 0 Å². The molecule has 4 saturated carbocycles. The van der Waals surface area contributed by atoms with Crippen molar-refractivity contribution in [1.29, 1.82) is 0 Å². The summed E-state index contributed by atoms with van der Waals surface area (Å²) >= 11 is 0. The van der Waals surface area contributed by atoms with Gasteiger partial charge < -0.3 is 139 Å². The van der Waals surface area contributed by atoms with Gasteiger partial charge in [0.15, 0.2) is 31.5 Å². The smallest absolute Gasteiger partial charge is 0.187 e. The van der Waals surface area contributed by atoms with Crippen LogP contribution in [-0.4, -0.2) is 297 Å². The van der Waals surface area contributed by atoms with E-state index in [0.717, 1.165) is 18.4 Å². The summed E-state index contributed by atoms with van der Waals surface area (Å²) in [6.45, 7) is 13.7. The number of hydrogen-bond acceptors (Lipinski definition) is 28. The predicted molar refractivity (Wildman–Crippen MR) is 297 cm³/mol. The summed E-state index contributed by atoms with van der Waals surface area (Å²) in [7, 11) is 0. The maximum Gasteiger partial charge on any atom is 0.187 e. The molecule has 13 unspecified atom stereocenters. The summed E-state index contributed by atoms with van der Waals surface area (Å²) in [5, 5.41) is 196. The second-order valence-electron chi connectivity index (χ2n) is 29.3. The SMILES string of the molecule is CC1O[C@@H](OC2[C@H](OC[C@@]34CC[C@]5(C)C(=CCC6[C@@]7(C)CC[C@H](O[C@@H]8OC(CO[C@@H]9OC(CO)[C@@H](O)[C@@H](O)C9O)[C@@H](O)[C@@H](O)C8O)C(C)(C)C7CC[C@]65C)C3CC(C)(C)[C@@H](O)[C@@H]4O)OC(CO[C@@H]3OC(CO)[C@@H](O)[C@@H](O)C3O)[C@@H](O)[C@H]2O)C(O)[C@@H](O)[C@H]1O. The first-order valence-corrected chi connectivity index (χ1v) is 31.4. The topological polar surface area (TPSA) is 456 Å². The zero-order chi connectivity index (χ0) is 64.4. The fraction of sp³-hybridized carbons (Fsp3) is 0.967. The maximum absolute atomic E-state index is 12.7. The molecule has 28 heteroatoms. The summed E-state index contributed by atoms with van der Waals surface area (Å²) in [5.41, 5.74) is -2.51. The summed E-state index contributed by atoms with van der Waals surface area (Å²) in [4.78, 5) is 0. The molecule has 0 aromatic carbocycles. The van der Waals surface area contributed by atoms with Crippen LogP contribution in [-0.2, 0) is 47.4 Å². The Morgan fingerprint density at radius 1 is 0.466 bits per heavy atom. The van der Waals surface area contributed by atoms with Crippen LogP contribution in [0.4, 0.5) is 0 Å². The van der Waals surface area contributed by atoms with Crippen molar-refractivity contribution in [3.05, 3.63) is 11.6 Å². The molecule has 18 N–H and O–H groups in total. The lowest BCUT2D eigenvalue weighted by molar-refractivity contribution is -0.374. The minimum atomic E-state index is -1.91. The standard InChI is InChI=1S/C60H100O28/c1-23-33(63)38(68)45(75)52(82-23)88-47-42(72)37(67)29(21-80-51-44(74)40(70)35(65)27(19-62)84-51)86-54(47)81-22-60-16-15-58(7)24(25(60)17-55(2,3)48(77)49(60)78)9-10-31-57(6)13-12-32(56(4,5)30(57)11-14-59(31,58)8)87-53-46(76)41(71)36(66)28(85-53)20-79-50-43(73)39(69)34(64)26(18-61)83-50/h9,23,25-54,61-78H,10-22H2,1-8H3/t23?,25?,26?,27?,28?,29?,30?,31?,32-,33-,34+,35+,36+,37+,38-,39+,40+,41+,42+,43?,44?,45?,46?,47?,48-,49-,50+,51+,52-,53-,54+,57-,58+,59+,60-/m0/s1. The Bertz CT molecular complexity index is 2400. The lowest BCUT2D eigenvalue weighted by atomic mass is 9.33. The Labute approximate surface area is 511 Å². The fourth-order valence-electron chi connectivity index (χ4n) is 18.0. The van der Waals surface area contributed by atoms with Crippen LogP contribution in [0.25, 0.3) is 0 Å². The monoisotopic (exact) mass is 1270 g/mol. The second kappa shape index (κ2) is 25.6.